The zero-order valence-corrected chi connectivity index (χ0v) is 11.2. The Labute approximate surface area is 106 Å². The van der Waals surface area contributed by atoms with Gasteiger partial charge in [-0.15, -0.1) is 0 Å². The first kappa shape index (κ1) is 14.5. The van der Waals surface area contributed by atoms with Crippen molar-refractivity contribution < 1.29 is 4.74 Å². The Kier molecular flexibility index (Phi) is 8.10. The molecule has 1 aliphatic heterocycles. The molecule has 1 heterocycles. The second kappa shape index (κ2) is 9.49. The summed E-state index contributed by atoms with van der Waals surface area (Å²) in [6, 6.07) is 1.30. The molecule has 2 atom stereocenters. The van der Waals surface area contributed by atoms with Gasteiger partial charge in [0.25, 0.3) is 0 Å². The molecule has 0 aliphatic carbocycles. The summed E-state index contributed by atoms with van der Waals surface area (Å²) in [6.45, 7) is 8.80. The van der Waals surface area contributed by atoms with Crippen molar-refractivity contribution in [2.75, 3.05) is 19.7 Å². The first-order valence-electron chi connectivity index (χ1n) is 7.02. The molecular weight excluding hydrogens is 212 g/mol. The van der Waals surface area contributed by atoms with Gasteiger partial charge in [-0.2, -0.15) is 0 Å². The average molecular weight is 240 g/mol. The first-order chi connectivity index (χ1) is 8.33. The second-order valence-electron chi connectivity index (χ2n) is 4.98. The predicted molar refractivity (Wildman–Crippen MR) is 73.1 cm³/mol. The van der Waals surface area contributed by atoms with Gasteiger partial charge in [0.05, 0.1) is 12.9 Å². The number of ether oxygens (including phenoxy) is 1. The Balaban J connectivity index is 2.02. The van der Waals surface area contributed by atoms with Crippen LogP contribution >= 0.6 is 0 Å². The van der Waals surface area contributed by atoms with E-state index in [4.69, 9.17) is 4.74 Å². The summed E-state index contributed by atoms with van der Waals surface area (Å²) in [5, 5.41) is 7.20. The third-order valence-electron chi connectivity index (χ3n) is 3.35. The Morgan fingerprint density at radius 3 is 3.18 bits per heavy atom. The summed E-state index contributed by atoms with van der Waals surface area (Å²) in [5.41, 5.74) is 0. The number of hydrogen-bond donors (Lipinski definition) is 2. The maximum atomic E-state index is 5.09. The zero-order chi connectivity index (χ0) is 12.3. The fourth-order valence-electron chi connectivity index (χ4n) is 2.40. The number of rotatable bonds is 8. The minimum absolute atomic E-state index is 0.592. The number of hydrogen-bond acceptors (Lipinski definition) is 3. The van der Waals surface area contributed by atoms with Crippen LogP contribution in [0.2, 0.25) is 0 Å². The zero-order valence-electron chi connectivity index (χ0n) is 11.2. The molecule has 0 saturated carbocycles. The Hall–Kier alpha value is -0.540. The van der Waals surface area contributed by atoms with Crippen LogP contribution in [0.3, 0.4) is 0 Å². The van der Waals surface area contributed by atoms with Gasteiger partial charge in [0.2, 0.25) is 0 Å². The van der Waals surface area contributed by atoms with E-state index in [0.29, 0.717) is 12.1 Å². The van der Waals surface area contributed by atoms with Crippen molar-refractivity contribution in [1.29, 1.82) is 0 Å². The lowest BCUT2D eigenvalue weighted by atomic mass is 10.0. The predicted octanol–water partition coefficient (Wildman–Crippen LogP) is 2.44. The van der Waals surface area contributed by atoms with Crippen LogP contribution in [-0.2, 0) is 4.74 Å². The summed E-state index contributed by atoms with van der Waals surface area (Å²) >= 11 is 0. The highest BCUT2D eigenvalue weighted by atomic mass is 16.5. The van der Waals surface area contributed by atoms with Crippen molar-refractivity contribution in [2.45, 2.75) is 57.5 Å². The van der Waals surface area contributed by atoms with Gasteiger partial charge in [-0.05, 0) is 45.7 Å². The quantitative estimate of drug-likeness (QED) is 0.505. The van der Waals surface area contributed by atoms with E-state index >= 15 is 0 Å². The molecule has 3 heteroatoms. The van der Waals surface area contributed by atoms with Gasteiger partial charge in [-0.3, -0.25) is 0 Å². The van der Waals surface area contributed by atoms with Crippen LogP contribution < -0.4 is 10.6 Å². The first-order valence-corrected chi connectivity index (χ1v) is 7.02. The Bertz CT molecular complexity index is 189. The van der Waals surface area contributed by atoms with Gasteiger partial charge in [-0.1, -0.05) is 19.4 Å². The van der Waals surface area contributed by atoms with Gasteiger partial charge < -0.3 is 15.4 Å². The Morgan fingerprint density at radius 1 is 1.47 bits per heavy atom. The Morgan fingerprint density at radius 2 is 2.35 bits per heavy atom. The van der Waals surface area contributed by atoms with Gasteiger partial charge in [0, 0.05) is 12.1 Å². The van der Waals surface area contributed by atoms with Crippen LogP contribution in [0, 0.1) is 0 Å². The molecule has 0 aromatic carbocycles. The van der Waals surface area contributed by atoms with Gasteiger partial charge >= 0.3 is 0 Å². The number of nitrogens with one attached hydrogen (secondary N) is 2. The fraction of sp³-hybridized carbons (Fsp3) is 0.857. The van der Waals surface area contributed by atoms with Crippen LogP contribution in [0.5, 0.6) is 0 Å². The highest BCUT2D eigenvalue weighted by molar-refractivity contribution is 4.75. The summed E-state index contributed by atoms with van der Waals surface area (Å²) in [4.78, 5) is 0. The van der Waals surface area contributed by atoms with Crippen LogP contribution in [0.15, 0.2) is 12.8 Å². The molecule has 2 N–H and O–H groups in total. The summed E-state index contributed by atoms with van der Waals surface area (Å²) < 4.78 is 5.09. The van der Waals surface area contributed by atoms with Crippen molar-refractivity contribution in [3.05, 3.63) is 12.8 Å². The van der Waals surface area contributed by atoms with E-state index in [-0.39, 0.29) is 0 Å². The highest BCUT2D eigenvalue weighted by Crippen LogP contribution is 2.12. The molecule has 1 rings (SSSR count). The van der Waals surface area contributed by atoms with E-state index in [1.54, 1.807) is 0 Å². The topological polar surface area (TPSA) is 33.3 Å². The summed E-state index contributed by atoms with van der Waals surface area (Å²) in [5.74, 6) is 0. The van der Waals surface area contributed by atoms with Crippen molar-refractivity contribution in [3.8, 4) is 0 Å². The van der Waals surface area contributed by atoms with E-state index in [9.17, 15) is 0 Å². The molecule has 100 valence electrons. The smallest absolute Gasteiger partial charge is 0.0885 e. The normalized spacial score (nSPS) is 22.8. The molecule has 0 aromatic heterocycles. The van der Waals surface area contributed by atoms with Gasteiger partial charge in [-0.25, -0.2) is 0 Å². The van der Waals surface area contributed by atoms with Crippen LogP contribution in [0.4, 0.5) is 0 Å². The second-order valence-corrected chi connectivity index (χ2v) is 4.98. The standard InChI is InChI=1S/C14H28N2O/c1-3-17-11-7-10-15-13(2)12-14-8-5-4-6-9-16-14/h3,13-16H,1,4-12H2,2H3. The van der Waals surface area contributed by atoms with E-state index in [1.807, 2.05) is 0 Å². The van der Waals surface area contributed by atoms with Crippen LogP contribution in [0.1, 0.15) is 45.4 Å². The minimum atomic E-state index is 0.592. The molecule has 0 amide bonds. The molecule has 17 heavy (non-hydrogen) atoms. The molecule has 0 bridgehead atoms. The summed E-state index contributed by atoms with van der Waals surface area (Å²) in [7, 11) is 0. The van der Waals surface area contributed by atoms with Crippen LogP contribution in [0.25, 0.3) is 0 Å². The molecule has 1 aliphatic rings. The fourth-order valence-corrected chi connectivity index (χ4v) is 2.40. The van der Waals surface area contributed by atoms with E-state index in [1.165, 1.54) is 44.9 Å². The molecule has 1 fully saturated rings. The van der Waals surface area contributed by atoms with Gasteiger partial charge in [0.1, 0.15) is 0 Å². The molecule has 0 aromatic rings. The lowest BCUT2D eigenvalue weighted by molar-refractivity contribution is 0.242. The average Bonchev–Trinajstić information content (AvgIpc) is 2.57. The SMILES string of the molecule is C=COCCCNC(C)CC1CCCCCN1. The monoisotopic (exact) mass is 240 g/mol. The van der Waals surface area contributed by atoms with Crippen molar-refractivity contribution in [3.63, 3.8) is 0 Å². The van der Waals surface area contributed by atoms with E-state index in [0.717, 1.165) is 19.6 Å². The third kappa shape index (κ3) is 7.40. The molecule has 1 saturated heterocycles. The molecule has 0 radical (unpaired) electrons. The molecule has 2 unspecified atom stereocenters. The van der Waals surface area contributed by atoms with Crippen molar-refractivity contribution >= 4 is 0 Å². The van der Waals surface area contributed by atoms with E-state index in [2.05, 4.69) is 24.1 Å². The van der Waals surface area contributed by atoms with Gasteiger partial charge in [0.15, 0.2) is 0 Å². The summed E-state index contributed by atoms with van der Waals surface area (Å²) in [6.07, 6.45) is 9.26. The maximum absolute atomic E-state index is 5.09. The maximum Gasteiger partial charge on any atom is 0.0885 e. The van der Waals surface area contributed by atoms with Crippen molar-refractivity contribution in [1.82, 2.24) is 10.6 Å². The van der Waals surface area contributed by atoms with Crippen LogP contribution in [-0.4, -0.2) is 31.8 Å². The molecular formula is C14H28N2O. The lowest BCUT2D eigenvalue weighted by Crippen LogP contribution is -2.37. The minimum Gasteiger partial charge on any atom is -0.502 e. The largest absolute Gasteiger partial charge is 0.502 e. The third-order valence-corrected chi connectivity index (χ3v) is 3.35. The molecule has 3 nitrogen and oxygen atoms in total. The van der Waals surface area contributed by atoms with Crippen molar-refractivity contribution in [2.24, 2.45) is 0 Å². The van der Waals surface area contributed by atoms with E-state index < -0.39 is 0 Å². The lowest BCUT2D eigenvalue weighted by Gasteiger charge is -2.21. The highest BCUT2D eigenvalue weighted by Gasteiger charge is 2.14. The molecule has 0 spiro atoms.